The van der Waals surface area contributed by atoms with Gasteiger partial charge in [0.1, 0.15) is 11.5 Å². The summed E-state index contributed by atoms with van der Waals surface area (Å²) in [4.78, 5) is 23.3. The molecule has 0 aromatic heterocycles. The lowest BCUT2D eigenvalue weighted by molar-refractivity contribution is -0.130. The molecular weight excluding hydrogens is 360 g/mol. The Morgan fingerprint density at radius 1 is 0.964 bits per heavy atom. The molecule has 158 valence electrons. The Hall–Kier alpha value is -2.44. The number of hydrogen-bond acceptors (Lipinski definition) is 5. The Bertz CT molecular complexity index is 701. The van der Waals surface area contributed by atoms with Gasteiger partial charge in [0.25, 0.3) is 5.91 Å². The van der Waals surface area contributed by atoms with Gasteiger partial charge < -0.3 is 25.3 Å². The van der Waals surface area contributed by atoms with E-state index in [9.17, 15) is 9.59 Å². The number of unbranched alkanes of at least 4 members (excludes halogenated alkanes) is 1. The standard InChI is InChI=1S/C21H34N2O5/c1-12(2)23-20(24)17(28-21(22)25)11-9-8-10-16-15(5)18(26-6)13(3)14(4)19(16)27-7/h12,17H,8-11H2,1-7H3,(H2,22,25)(H,23,24)/t17-/m0/s1. The van der Waals surface area contributed by atoms with Crippen molar-refractivity contribution in [1.29, 1.82) is 0 Å². The maximum atomic E-state index is 12.2. The summed E-state index contributed by atoms with van der Waals surface area (Å²) < 4.78 is 16.2. The predicted octanol–water partition coefficient (Wildman–Crippen LogP) is 3.33. The lowest BCUT2D eigenvalue weighted by Crippen LogP contribution is -2.41. The fourth-order valence-corrected chi connectivity index (χ4v) is 3.43. The molecule has 0 radical (unpaired) electrons. The average molecular weight is 395 g/mol. The van der Waals surface area contributed by atoms with Crippen molar-refractivity contribution in [3.63, 3.8) is 0 Å². The Morgan fingerprint density at radius 2 is 1.54 bits per heavy atom. The number of carbonyl (C=O) groups excluding carboxylic acids is 2. The predicted molar refractivity (Wildman–Crippen MR) is 109 cm³/mol. The molecule has 7 heteroatoms. The lowest BCUT2D eigenvalue weighted by atomic mass is 9.93. The summed E-state index contributed by atoms with van der Waals surface area (Å²) in [6.07, 6.45) is 0.849. The van der Waals surface area contributed by atoms with Crippen molar-refractivity contribution in [2.45, 2.75) is 72.4 Å². The lowest BCUT2D eigenvalue weighted by Gasteiger charge is -2.21. The van der Waals surface area contributed by atoms with Crippen LogP contribution in [0.2, 0.25) is 0 Å². The van der Waals surface area contributed by atoms with Gasteiger partial charge in [-0.3, -0.25) is 4.79 Å². The maximum Gasteiger partial charge on any atom is 0.405 e. The molecule has 1 aromatic rings. The first-order valence-electron chi connectivity index (χ1n) is 9.61. The highest BCUT2D eigenvalue weighted by molar-refractivity contribution is 5.83. The molecule has 0 spiro atoms. The van der Waals surface area contributed by atoms with E-state index in [1.807, 2.05) is 34.6 Å². The second kappa shape index (κ2) is 10.8. The first-order chi connectivity index (χ1) is 13.1. The number of benzene rings is 1. The van der Waals surface area contributed by atoms with Gasteiger partial charge in [-0.2, -0.15) is 0 Å². The molecule has 0 aliphatic rings. The fourth-order valence-electron chi connectivity index (χ4n) is 3.43. The van der Waals surface area contributed by atoms with Crippen LogP contribution in [0.5, 0.6) is 11.5 Å². The number of methoxy groups -OCH3 is 2. The molecule has 0 saturated carbocycles. The quantitative estimate of drug-likeness (QED) is 0.593. The molecule has 7 nitrogen and oxygen atoms in total. The van der Waals surface area contributed by atoms with Gasteiger partial charge in [0.05, 0.1) is 14.2 Å². The van der Waals surface area contributed by atoms with Gasteiger partial charge in [0.15, 0.2) is 6.10 Å². The molecule has 28 heavy (non-hydrogen) atoms. The van der Waals surface area contributed by atoms with Gasteiger partial charge >= 0.3 is 6.09 Å². The molecule has 0 aliphatic carbocycles. The van der Waals surface area contributed by atoms with E-state index in [0.29, 0.717) is 12.8 Å². The number of rotatable bonds is 10. The van der Waals surface area contributed by atoms with Crippen molar-refractivity contribution >= 4 is 12.0 Å². The largest absolute Gasteiger partial charge is 0.496 e. The number of ether oxygens (including phenoxy) is 3. The van der Waals surface area contributed by atoms with Crippen molar-refractivity contribution in [3.05, 3.63) is 22.3 Å². The van der Waals surface area contributed by atoms with E-state index < -0.39 is 12.2 Å². The minimum atomic E-state index is -0.944. The van der Waals surface area contributed by atoms with E-state index >= 15 is 0 Å². The van der Waals surface area contributed by atoms with Crippen molar-refractivity contribution in [2.75, 3.05) is 14.2 Å². The number of nitrogens with one attached hydrogen (secondary N) is 1. The summed E-state index contributed by atoms with van der Waals surface area (Å²) in [6.45, 7) is 9.76. The van der Waals surface area contributed by atoms with Crippen molar-refractivity contribution in [2.24, 2.45) is 5.73 Å². The first kappa shape index (κ1) is 23.6. The molecule has 0 fully saturated rings. The van der Waals surface area contributed by atoms with Gasteiger partial charge in [-0.05, 0) is 77.0 Å². The minimum absolute atomic E-state index is 0.0404. The molecule has 0 saturated heterocycles. The van der Waals surface area contributed by atoms with E-state index in [2.05, 4.69) is 5.32 Å². The highest BCUT2D eigenvalue weighted by Crippen LogP contribution is 2.38. The first-order valence-corrected chi connectivity index (χ1v) is 9.61. The molecule has 0 bridgehead atoms. The fraction of sp³-hybridized carbons (Fsp3) is 0.619. The Morgan fingerprint density at radius 3 is 2.04 bits per heavy atom. The number of nitrogens with two attached hydrogens (primary N) is 1. The molecule has 0 heterocycles. The molecule has 1 atom stereocenters. The van der Waals surface area contributed by atoms with Gasteiger partial charge in [-0.1, -0.05) is 0 Å². The normalized spacial score (nSPS) is 11.9. The number of carbonyl (C=O) groups is 2. The molecule has 2 amide bonds. The zero-order valence-electron chi connectivity index (χ0n) is 18.1. The van der Waals surface area contributed by atoms with Crippen LogP contribution in [0.1, 0.15) is 55.4 Å². The SMILES string of the molecule is COc1c(C)c(C)c(OC)c(CCCC[C@H](OC(N)=O)C(=O)NC(C)C)c1C. The maximum absolute atomic E-state index is 12.2. The third-order valence-corrected chi connectivity index (χ3v) is 4.84. The second-order valence-corrected chi connectivity index (χ2v) is 7.25. The molecule has 0 unspecified atom stereocenters. The summed E-state index contributed by atoms with van der Waals surface area (Å²) in [5.41, 5.74) is 9.40. The van der Waals surface area contributed by atoms with Crippen LogP contribution in [0.4, 0.5) is 4.79 Å². The topological polar surface area (TPSA) is 99.9 Å². The minimum Gasteiger partial charge on any atom is -0.496 e. The summed E-state index contributed by atoms with van der Waals surface area (Å²) in [7, 11) is 3.34. The van der Waals surface area contributed by atoms with Crippen LogP contribution in [0.25, 0.3) is 0 Å². The second-order valence-electron chi connectivity index (χ2n) is 7.25. The van der Waals surface area contributed by atoms with Gasteiger partial charge in [0, 0.05) is 11.6 Å². The number of primary amides is 1. The highest BCUT2D eigenvalue weighted by atomic mass is 16.6. The smallest absolute Gasteiger partial charge is 0.405 e. The van der Waals surface area contributed by atoms with Crippen molar-refractivity contribution in [3.8, 4) is 11.5 Å². The van der Waals surface area contributed by atoms with Crippen LogP contribution in [-0.2, 0) is 16.0 Å². The molecular formula is C21H34N2O5. The zero-order valence-corrected chi connectivity index (χ0v) is 18.1. The van der Waals surface area contributed by atoms with Crippen LogP contribution >= 0.6 is 0 Å². The Balaban J connectivity index is 2.85. The Kier molecular flexibility index (Phi) is 9.09. The van der Waals surface area contributed by atoms with Gasteiger partial charge in [-0.15, -0.1) is 0 Å². The van der Waals surface area contributed by atoms with E-state index in [1.54, 1.807) is 14.2 Å². The summed E-state index contributed by atoms with van der Waals surface area (Å²) in [5, 5.41) is 2.75. The molecule has 3 N–H and O–H groups in total. The number of hydrogen-bond donors (Lipinski definition) is 2. The van der Waals surface area contributed by atoms with E-state index in [4.69, 9.17) is 19.9 Å². The van der Waals surface area contributed by atoms with Crippen LogP contribution in [0.3, 0.4) is 0 Å². The van der Waals surface area contributed by atoms with Crippen LogP contribution < -0.4 is 20.5 Å². The van der Waals surface area contributed by atoms with Gasteiger partial charge in [-0.25, -0.2) is 4.79 Å². The molecule has 0 aliphatic heterocycles. The van der Waals surface area contributed by atoms with Crippen LogP contribution in [0.15, 0.2) is 0 Å². The molecule has 1 aromatic carbocycles. The number of amides is 2. The Labute approximate surface area is 167 Å². The molecule has 1 rings (SSSR count). The summed E-state index contributed by atoms with van der Waals surface area (Å²) in [5.74, 6) is 1.42. The zero-order chi connectivity index (χ0) is 21.4. The van der Waals surface area contributed by atoms with E-state index in [1.165, 1.54) is 0 Å². The summed E-state index contributed by atoms with van der Waals surface area (Å²) in [6, 6.07) is -0.0404. The van der Waals surface area contributed by atoms with Gasteiger partial charge in [0.2, 0.25) is 0 Å². The highest BCUT2D eigenvalue weighted by Gasteiger charge is 2.23. The average Bonchev–Trinajstić information content (AvgIpc) is 2.61. The monoisotopic (exact) mass is 394 g/mol. The van der Waals surface area contributed by atoms with E-state index in [0.717, 1.165) is 46.6 Å². The van der Waals surface area contributed by atoms with E-state index in [-0.39, 0.29) is 11.9 Å². The third-order valence-electron chi connectivity index (χ3n) is 4.84. The van der Waals surface area contributed by atoms with Crippen LogP contribution in [-0.4, -0.2) is 38.4 Å². The van der Waals surface area contributed by atoms with Crippen molar-refractivity contribution in [1.82, 2.24) is 5.32 Å². The summed E-state index contributed by atoms with van der Waals surface area (Å²) >= 11 is 0. The van der Waals surface area contributed by atoms with Crippen molar-refractivity contribution < 1.29 is 23.8 Å². The third kappa shape index (κ3) is 6.04. The van der Waals surface area contributed by atoms with Crippen LogP contribution in [0, 0.1) is 20.8 Å².